The van der Waals surface area contributed by atoms with Crippen LogP contribution in [0.5, 0.6) is 0 Å². The Balaban J connectivity index is 2.11. The molecule has 0 radical (unpaired) electrons. The highest BCUT2D eigenvalue weighted by atomic mass is 14.0. The Morgan fingerprint density at radius 3 is 2.06 bits per heavy atom. The third-order valence-electron chi connectivity index (χ3n) is 3.41. The second-order valence-corrected chi connectivity index (χ2v) is 5.11. The maximum absolute atomic E-state index is 2.28. The summed E-state index contributed by atoms with van der Waals surface area (Å²) in [7, 11) is 0. The van der Waals surface area contributed by atoms with Crippen molar-refractivity contribution in [3.63, 3.8) is 0 Å². The maximum Gasteiger partial charge on any atom is -0.0260 e. The molecule has 0 saturated heterocycles. The standard InChI is InChI=1S/C18H28/c1-3-5-6-7-8-9-10-12-18-15-13-17(11-4-2)14-16-18/h4,11,13-16H,3,5-10,12H2,1-2H3. The predicted octanol–water partition coefficient (Wildman–Crippen LogP) is 6.01. The zero-order valence-corrected chi connectivity index (χ0v) is 12.1. The zero-order chi connectivity index (χ0) is 13.1. The van der Waals surface area contributed by atoms with Gasteiger partial charge in [-0.05, 0) is 30.9 Å². The molecule has 0 nitrogen and oxygen atoms in total. The van der Waals surface area contributed by atoms with Crippen molar-refractivity contribution >= 4 is 6.08 Å². The van der Waals surface area contributed by atoms with E-state index in [0.717, 1.165) is 0 Å². The number of allylic oxidation sites excluding steroid dienone is 1. The van der Waals surface area contributed by atoms with Crippen LogP contribution in [0, 0.1) is 0 Å². The van der Waals surface area contributed by atoms with Gasteiger partial charge in [-0.3, -0.25) is 0 Å². The summed E-state index contributed by atoms with van der Waals surface area (Å²) in [6.45, 7) is 4.34. The van der Waals surface area contributed by atoms with Crippen molar-refractivity contribution in [1.29, 1.82) is 0 Å². The number of unbranched alkanes of at least 4 members (excludes halogenated alkanes) is 6. The number of rotatable bonds is 9. The Bertz CT molecular complexity index is 318. The van der Waals surface area contributed by atoms with Crippen molar-refractivity contribution < 1.29 is 0 Å². The van der Waals surface area contributed by atoms with Gasteiger partial charge in [-0.1, -0.05) is 81.9 Å². The van der Waals surface area contributed by atoms with Crippen LogP contribution in [0.3, 0.4) is 0 Å². The van der Waals surface area contributed by atoms with Gasteiger partial charge in [-0.2, -0.15) is 0 Å². The fraction of sp³-hybridized carbons (Fsp3) is 0.556. The molecule has 18 heavy (non-hydrogen) atoms. The lowest BCUT2D eigenvalue weighted by molar-refractivity contribution is 0.589. The molecule has 0 spiro atoms. The minimum Gasteiger partial charge on any atom is -0.0871 e. The molecule has 0 fully saturated rings. The molecule has 1 rings (SSSR count). The summed E-state index contributed by atoms with van der Waals surface area (Å²) < 4.78 is 0. The van der Waals surface area contributed by atoms with Crippen LogP contribution in [0.4, 0.5) is 0 Å². The van der Waals surface area contributed by atoms with Crippen LogP contribution in [0.25, 0.3) is 6.08 Å². The summed E-state index contributed by atoms with van der Waals surface area (Å²) >= 11 is 0. The number of hydrogen-bond donors (Lipinski definition) is 0. The molecule has 0 N–H and O–H groups in total. The number of aryl methyl sites for hydroxylation is 1. The Labute approximate surface area is 113 Å². The average molecular weight is 244 g/mol. The van der Waals surface area contributed by atoms with Gasteiger partial charge >= 0.3 is 0 Å². The normalized spacial score (nSPS) is 11.2. The SMILES string of the molecule is CC=Cc1ccc(CCCCCCCCC)cc1. The van der Waals surface area contributed by atoms with Gasteiger partial charge in [0, 0.05) is 0 Å². The van der Waals surface area contributed by atoms with E-state index in [2.05, 4.69) is 50.3 Å². The second-order valence-electron chi connectivity index (χ2n) is 5.11. The fourth-order valence-electron chi connectivity index (χ4n) is 2.27. The topological polar surface area (TPSA) is 0 Å². The quantitative estimate of drug-likeness (QED) is 0.466. The summed E-state index contributed by atoms with van der Waals surface area (Å²) in [6, 6.07) is 8.98. The largest absolute Gasteiger partial charge is 0.0871 e. The predicted molar refractivity (Wildman–Crippen MR) is 82.8 cm³/mol. The first-order chi connectivity index (χ1) is 8.86. The third-order valence-corrected chi connectivity index (χ3v) is 3.41. The van der Waals surface area contributed by atoms with Crippen molar-refractivity contribution in [3.8, 4) is 0 Å². The average Bonchev–Trinajstić information content (AvgIpc) is 2.40. The van der Waals surface area contributed by atoms with Crippen LogP contribution >= 0.6 is 0 Å². The highest BCUT2D eigenvalue weighted by Crippen LogP contribution is 2.12. The zero-order valence-electron chi connectivity index (χ0n) is 12.1. The monoisotopic (exact) mass is 244 g/mol. The van der Waals surface area contributed by atoms with Crippen LogP contribution in [0.15, 0.2) is 30.3 Å². The van der Waals surface area contributed by atoms with Crippen molar-refractivity contribution in [2.75, 3.05) is 0 Å². The van der Waals surface area contributed by atoms with Gasteiger partial charge in [0.1, 0.15) is 0 Å². The van der Waals surface area contributed by atoms with Crippen molar-refractivity contribution in [1.82, 2.24) is 0 Å². The smallest absolute Gasteiger partial charge is 0.0260 e. The summed E-state index contributed by atoms with van der Waals surface area (Å²) in [5.41, 5.74) is 2.79. The van der Waals surface area contributed by atoms with Crippen molar-refractivity contribution in [2.24, 2.45) is 0 Å². The molecule has 0 bridgehead atoms. The van der Waals surface area contributed by atoms with Gasteiger partial charge in [0.15, 0.2) is 0 Å². The highest BCUT2D eigenvalue weighted by molar-refractivity contribution is 5.49. The molecule has 0 aromatic heterocycles. The molecule has 1 aromatic carbocycles. The molecule has 0 heteroatoms. The summed E-state index contributed by atoms with van der Waals surface area (Å²) in [5.74, 6) is 0. The van der Waals surface area contributed by atoms with Crippen molar-refractivity contribution in [3.05, 3.63) is 41.5 Å². The molecule has 0 unspecified atom stereocenters. The van der Waals surface area contributed by atoms with Crippen LogP contribution in [-0.2, 0) is 6.42 Å². The first kappa shape index (κ1) is 15.0. The first-order valence-corrected chi connectivity index (χ1v) is 7.58. The molecular weight excluding hydrogens is 216 g/mol. The van der Waals surface area contributed by atoms with E-state index in [1.165, 1.54) is 62.5 Å². The van der Waals surface area contributed by atoms with E-state index in [1.54, 1.807) is 0 Å². The molecule has 1 aromatic rings. The number of benzene rings is 1. The molecule has 0 aliphatic heterocycles. The molecule has 0 aliphatic rings. The Morgan fingerprint density at radius 1 is 0.833 bits per heavy atom. The van der Waals surface area contributed by atoms with E-state index in [-0.39, 0.29) is 0 Å². The maximum atomic E-state index is 2.28. The summed E-state index contributed by atoms with van der Waals surface area (Å²) in [6.07, 6.45) is 15.2. The second kappa shape index (κ2) is 9.94. The van der Waals surface area contributed by atoms with Crippen LogP contribution < -0.4 is 0 Å². The van der Waals surface area contributed by atoms with Gasteiger partial charge in [-0.25, -0.2) is 0 Å². The van der Waals surface area contributed by atoms with Gasteiger partial charge < -0.3 is 0 Å². The minimum atomic E-state index is 1.24. The summed E-state index contributed by atoms with van der Waals surface area (Å²) in [5, 5.41) is 0. The third kappa shape index (κ3) is 6.64. The Hall–Kier alpha value is -1.04. The van der Waals surface area contributed by atoms with E-state index in [9.17, 15) is 0 Å². The molecule has 0 saturated carbocycles. The lowest BCUT2D eigenvalue weighted by Crippen LogP contribution is -1.86. The molecule has 0 heterocycles. The van der Waals surface area contributed by atoms with Gasteiger partial charge in [0.25, 0.3) is 0 Å². The molecule has 0 amide bonds. The molecular formula is C18H28. The van der Waals surface area contributed by atoms with Gasteiger partial charge in [-0.15, -0.1) is 0 Å². The molecule has 100 valence electrons. The highest BCUT2D eigenvalue weighted by Gasteiger charge is 1.94. The van der Waals surface area contributed by atoms with Crippen LogP contribution in [0.2, 0.25) is 0 Å². The van der Waals surface area contributed by atoms with Crippen molar-refractivity contribution in [2.45, 2.75) is 65.2 Å². The fourth-order valence-corrected chi connectivity index (χ4v) is 2.27. The summed E-state index contributed by atoms with van der Waals surface area (Å²) in [4.78, 5) is 0. The molecule has 0 atom stereocenters. The molecule has 0 aliphatic carbocycles. The Morgan fingerprint density at radius 2 is 1.44 bits per heavy atom. The van der Waals surface area contributed by atoms with E-state index < -0.39 is 0 Å². The lowest BCUT2D eigenvalue weighted by Gasteiger charge is -2.03. The van der Waals surface area contributed by atoms with E-state index in [1.807, 2.05) is 0 Å². The lowest BCUT2D eigenvalue weighted by atomic mass is 10.0. The minimum absolute atomic E-state index is 1.24. The van der Waals surface area contributed by atoms with Gasteiger partial charge in [0.2, 0.25) is 0 Å². The Kier molecular flexibility index (Phi) is 8.29. The number of hydrogen-bond acceptors (Lipinski definition) is 0. The van der Waals surface area contributed by atoms with E-state index in [4.69, 9.17) is 0 Å². The van der Waals surface area contributed by atoms with Crippen LogP contribution in [-0.4, -0.2) is 0 Å². The van der Waals surface area contributed by atoms with E-state index in [0.29, 0.717) is 0 Å². The van der Waals surface area contributed by atoms with E-state index >= 15 is 0 Å². The van der Waals surface area contributed by atoms with Gasteiger partial charge in [0.05, 0.1) is 0 Å². The first-order valence-electron chi connectivity index (χ1n) is 7.58. The van der Waals surface area contributed by atoms with Crippen LogP contribution in [0.1, 0.15) is 69.9 Å².